The molecule has 5 nitrogen and oxygen atoms in total. The summed E-state index contributed by atoms with van der Waals surface area (Å²) in [5.74, 6) is 0.555. The van der Waals surface area contributed by atoms with Gasteiger partial charge in [0.1, 0.15) is 0 Å². The minimum atomic E-state index is -0.520. The topological polar surface area (TPSA) is 81.4 Å². The van der Waals surface area contributed by atoms with Crippen LogP contribution in [0.1, 0.15) is 20.8 Å². The summed E-state index contributed by atoms with van der Waals surface area (Å²) in [6.07, 6.45) is 0. The number of amides is 1. The molecule has 100 valence electrons. The van der Waals surface area contributed by atoms with Crippen molar-refractivity contribution in [2.24, 2.45) is 11.1 Å². The number of nitrogens with one attached hydrogen (secondary N) is 1. The molecule has 0 saturated heterocycles. The summed E-state index contributed by atoms with van der Waals surface area (Å²) in [4.78, 5) is 22.4. The van der Waals surface area contributed by atoms with Gasteiger partial charge in [-0.25, -0.2) is 0 Å². The monoisotopic (exact) mass is 262 g/mol. The molecular formula is C11H22N2O3S. The molecule has 17 heavy (non-hydrogen) atoms. The molecule has 0 aliphatic heterocycles. The number of esters is 1. The maximum Gasteiger partial charge on any atom is 0.315 e. The number of rotatable bonds is 6. The maximum absolute atomic E-state index is 11.6. The van der Waals surface area contributed by atoms with E-state index < -0.39 is 6.04 Å². The van der Waals surface area contributed by atoms with Gasteiger partial charge in [0.05, 0.1) is 18.9 Å². The smallest absolute Gasteiger partial charge is 0.315 e. The van der Waals surface area contributed by atoms with E-state index >= 15 is 0 Å². The number of methoxy groups -OCH3 is 1. The van der Waals surface area contributed by atoms with Crippen molar-refractivity contribution in [1.82, 2.24) is 5.32 Å². The molecule has 1 amide bonds. The average Bonchev–Trinajstić information content (AvgIpc) is 2.25. The average molecular weight is 262 g/mol. The van der Waals surface area contributed by atoms with Crippen molar-refractivity contribution in [2.75, 3.05) is 25.2 Å². The predicted octanol–water partition coefficient (Wildman–Crippen LogP) is 0.382. The fourth-order valence-corrected chi connectivity index (χ4v) is 1.64. The lowest BCUT2D eigenvalue weighted by atomic mass is 9.87. The van der Waals surface area contributed by atoms with E-state index in [4.69, 9.17) is 5.73 Å². The van der Waals surface area contributed by atoms with E-state index in [1.165, 1.54) is 18.9 Å². The van der Waals surface area contributed by atoms with Crippen LogP contribution >= 0.6 is 11.8 Å². The molecule has 0 aromatic rings. The van der Waals surface area contributed by atoms with E-state index in [2.05, 4.69) is 10.1 Å². The molecule has 0 aliphatic carbocycles. The second kappa shape index (κ2) is 7.55. The number of carbonyl (C=O) groups excluding carboxylic acids is 2. The molecule has 0 aromatic carbocycles. The Hall–Kier alpha value is -0.750. The van der Waals surface area contributed by atoms with Crippen molar-refractivity contribution in [3.05, 3.63) is 0 Å². The lowest BCUT2D eigenvalue weighted by Gasteiger charge is -2.25. The van der Waals surface area contributed by atoms with Gasteiger partial charge in [0.15, 0.2) is 0 Å². The predicted molar refractivity (Wildman–Crippen MR) is 69.8 cm³/mol. The van der Waals surface area contributed by atoms with E-state index in [9.17, 15) is 9.59 Å². The number of ether oxygens (including phenoxy) is 1. The molecule has 0 aliphatic rings. The van der Waals surface area contributed by atoms with Gasteiger partial charge in [0, 0.05) is 12.3 Å². The van der Waals surface area contributed by atoms with E-state index in [1.807, 2.05) is 20.8 Å². The van der Waals surface area contributed by atoms with Crippen LogP contribution in [0.3, 0.4) is 0 Å². The Morgan fingerprint density at radius 2 is 2.00 bits per heavy atom. The molecule has 0 unspecified atom stereocenters. The Bertz CT molecular complexity index is 264. The minimum absolute atomic E-state index is 0.156. The highest BCUT2D eigenvalue weighted by molar-refractivity contribution is 7.99. The van der Waals surface area contributed by atoms with E-state index in [0.29, 0.717) is 18.1 Å². The first-order chi connectivity index (χ1) is 7.79. The fourth-order valence-electron chi connectivity index (χ4n) is 0.964. The fraction of sp³-hybridized carbons (Fsp3) is 0.818. The zero-order valence-electron chi connectivity index (χ0n) is 10.9. The first-order valence-electron chi connectivity index (χ1n) is 5.47. The SMILES string of the molecule is COC(=O)CSCCNC(=O)[C@@H](N)C(C)(C)C. The molecule has 0 rings (SSSR count). The number of carbonyl (C=O) groups is 2. The van der Waals surface area contributed by atoms with Crippen LogP contribution in [-0.2, 0) is 14.3 Å². The first kappa shape index (κ1) is 16.2. The Balaban J connectivity index is 3.69. The third kappa shape index (κ3) is 7.23. The van der Waals surface area contributed by atoms with Crippen molar-refractivity contribution >= 4 is 23.6 Å². The Morgan fingerprint density at radius 1 is 1.41 bits per heavy atom. The molecular weight excluding hydrogens is 240 g/mol. The molecule has 0 saturated carbocycles. The molecule has 0 heterocycles. The van der Waals surface area contributed by atoms with Gasteiger partial charge in [-0.3, -0.25) is 9.59 Å². The largest absolute Gasteiger partial charge is 0.468 e. The highest BCUT2D eigenvalue weighted by Gasteiger charge is 2.26. The van der Waals surface area contributed by atoms with Gasteiger partial charge in [-0.05, 0) is 5.41 Å². The van der Waals surface area contributed by atoms with Crippen LogP contribution in [0, 0.1) is 5.41 Å². The van der Waals surface area contributed by atoms with Gasteiger partial charge in [-0.15, -0.1) is 11.8 Å². The number of hydrogen-bond acceptors (Lipinski definition) is 5. The van der Waals surface area contributed by atoms with Gasteiger partial charge in [0.2, 0.25) is 5.91 Å². The third-order valence-electron chi connectivity index (χ3n) is 2.21. The highest BCUT2D eigenvalue weighted by Crippen LogP contribution is 2.17. The van der Waals surface area contributed by atoms with Crippen molar-refractivity contribution in [3.8, 4) is 0 Å². The molecule has 3 N–H and O–H groups in total. The molecule has 0 aromatic heterocycles. The van der Waals surface area contributed by atoms with Gasteiger partial charge in [0.25, 0.3) is 0 Å². The molecule has 0 fully saturated rings. The van der Waals surface area contributed by atoms with Crippen molar-refractivity contribution < 1.29 is 14.3 Å². The quantitative estimate of drug-likeness (QED) is 0.534. The van der Waals surface area contributed by atoms with Gasteiger partial charge in [-0.2, -0.15) is 0 Å². The van der Waals surface area contributed by atoms with Gasteiger partial charge < -0.3 is 15.8 Å². The van der Waals surface area contributed by atoms with Crippen LogP contribution in [0.15, 0.2) is 0 Å². The van der Waals surface area contributed by atoms with Crippen LogP contribution < -0.4 is 11.1 Å². The lowest BCUT2D eigenvalue weighted by Crippen LogP contribution is -2.49. The van der Waals surface area contributed by atoms with Crippen LogP contribution in [0.25, 0.3) is 0 Å². The van der Waals surface area contributed by atoms with E-state index in [0.717, 1.165) is 0 Å². The third-order valence-corrected chi connectivity index (χ3v) is 3.14. The lowest BCUT2D eigenvalue weighted by molar-refractivity contribution is -0.137. The molecule has 0 bridgehead atoms. The molecule has 0 spiro atoms. The Labute approximate surface area is 107 Å². The van der Waals surface area contributed by atoms with Crippen LogP contribution in [-0.4, -0.2) is 43.1 Å². The van der Waals surface area contributed by atoms with Crippen molar-refractivity contribution in [3.63, 3.8) is 0 Å². The number of thioether (sulfide) groups is 1. The van der Waals surface area contributed by atoms with Crippen LogP contribution in [0.2, 0.25) is 0 Å². The Kier molecular flexibility index (Phi) is 7.22. The van der Waals surface area contributed by atoms with Crippen molar-refractivity contribution in [1.29, 1.82) is 0 Å². The summed E-state index contributed by atoms with van der Waals surface area (Å²) in [6, 6.07) is -0.520. The van der Waals surface area contributed by atoms with Gasteiger partial charge >= 0.3 is 5.97 Å². The Morgan fingerprint density at radius 3 is 2.47 bits per heavy atom. The second-order valence-corrected chi connectivity index (χ2v) is 5.87. The zero-order chi connectivity index (χ0) is 13.5. The summed E-state index contributed by atoms with van der Waals surface area (Å²) >= 11 is 1.42. The summed E-state index contributed by atoms with van der Waals surface area (Å²) in [7, 11) is 1.35. The van der Waals surface area contributed by atoms with Crippen molar-refractivity contribution in [2.45, 2.75) is 26.8 Å². The highest BCUT2D eigenvalue weighted by atomic mass is 32.2. The summed E-state index contributed by atoms with van der Waals surface area (Å²) < 4.78 is 4.49. The molecule has 0 radical (unpaired) electrons. The zero-order valence-corrected chi connectivity index (χ0v) is 11.7. The summed E-state index contributed by atoms with van der Waals surface area (Å²) in [5.41, 5.74) is 5.54. The van der Waals surface area contributed by atoms with E-state index in [-0.39, 0.29) is 17.3 Å². The summed E-state index contributed by atoms with van der Waals surface area (Å²) in [5, 5.41) is 2.74. The molecule has 1 atom stereocenters. The maximum atomic E-state index is 11.6. The number of hydrogen-bond donors (Lipinski definition) is 2. The first-order valence-corrected chi connectivity index (χ1v) is 6.62. The minimum Gasteiger partial charge on any atom is -0.468 e. The van der Waals surface area contributed by atoms with E-state index in [1.54, 1.807) is 0 Å². The molecule has 6 heteroatoms. The summed E-state index contributed by atoms with van der Waals surface area (Å²) in [6.45, 7) is 6.26. The van der Waals surface area contributed by atoms with Crippen LogP contribution in [0.5, 0.6) is 0 Å². The van der Waals surface area contributed by atoms with Crippen LogP contribution in [0.4, 0.5) is 0 Å². The van der Waals surface area contributed by atoms with Gasteiger partial charge in [-0.1, -0.05) is 20.8 Å². The normalized spacial score (nSPS) is 13.0. The number of nitrogens with two attached hydrogens (primary N) is 1. The standard InChI is InChI=1S/C11H22N2O3S/c1-11(2,3)9(12)10(15)13-5-6-17-7-8(14)16-4/h9H,5-7,12H2,1-4H3,(H,13,15)/t9-/m1/s1. The second-order valence-electron chi connectivity index (χ2n) is 4.76.